The number of nitrogens with zero attached hydrogens (tertiary/aromatic N) is 1. The molecule has 6 heteroatoms. The SMILES string of the molecule is Cc1cc(C[C@H](C)NC(=O)CSCc2ccccc2Cl)n[nH]1. The molecule has 0 saturated carbocycles. The van der Waals surface area contributed by atoms with E-state index in [9.17, 15) is 4.79 Å². The van der Waals surface area contributed by atoms with Gasteiger partial charge in [0.2, 0.25) is 5.91 Å². The van der Waals surface area contributed by atoms with Crippen LogP contribution in [0.1, 0.15) is 23.9 Å². The smallest absolute Gasteiger partial charge is 0.230 e. The summed E-state index contributed by atoms with van der Waals surface area (Å²) in [6, 6.07) is 9.77. The number of H-pyrrole nitrogens is 1. The van der Waals surface area contributed by atoms with Crippen LogP contribution >= 0.6 is 23.4 Å². The van der Waals surface area contributed by atoms with Crippen molar-refractivity contribution in [3.63, 3.8) is 0 Å². The maximum atomic E-state index is 11.9. The van der Waals surface area contributed by atoms with Crippen molar-refractivity contribution in [2.75, 3.05) is 5.75 Å². The molecule has 0 aliphatic carbocycles. The molecule has 1 amide bonds. The second-order valence-corrected chi connectivity index (χ2v) is 6.69. The van der Waals surface area contributed by atoms with Gasteiger partial charge in [-0.1, -0.05) is 29.8 Å². The van der Waals surface area contributed by atoms with E-state index in [1.54, 1.807) is 11.8 Å². The molecule has 0 unspecified atom stereocenters. The topological polar surface area (TPSA) is 57.8 Å². The van der Waals surface area contributed by atoms with Crippen molar-refractivity contribution in [3.05, 3.63) is 52.3 Å². The number of amides is 1. The van der Waals surface area contributed by atoms with Crippen molar-refractivity contribution in [3.8, 4) is 0 Å². The van der Waals surface area contributed by atoms with Crippen LogP contribution in [0.5, 0.6) is 0 Å². The summed E-state index contributed by atoms with van der Waals surface area (Å²) >= 11 is 7.66. The lowest BCUT2D eigenvalue weighted by atomic mass is 10.2. The number of carbonyl (C=O) groups excluding carboxylic acids is 1. The third-order valence-corrected chi connectivity index (χ3v) is 4.48. The highest BCUT2D eigenvalue weighted by molar-refractivity contribution is 7.99. The number of benzene rings is 1. The van der Waals surface area contributed by atoms with Crippen molar-refractivity contribution in [1.29, 1.82) is 0 Å². The standard InChI is InChI=1S/C16H20ClN3OS/c1-11(7-14-8-12(2)19-20-14)18-16(21)10-22-9-13-5-3-4-6-15(13)17/h3-6,8,11H,7,9-10H2,1-2H3,(H,18,21)(H,19,20)/t11-/m0/s1. The zero-order valence-electron chi connectivity index (χ0n) is 12.7. The van der Waals surface area contributed by atoms with Crippen molar-refractivity contribution >= 4 is 29.3 Å². The predicted octanol–water partition coefficient (Wildman–Crippen LogP) is 3.35. The van der Waals surface area contributed by atoms with E-state index in [1.807, 2.05) is 44.2 Å². The third kappa shape index (κ3) is 5.39. The molecule has 2 rings (SSSR count). The summed E-state index contributed by atoms with van der Waals surface area (Å²) in [5.74, 6) is 1.20. The Labute approximate surface area is 140 Å². The minimum Gasteiger partial charge on any atom is -0.353 e. The highest BCUT2D eigenvalue weighted by atomic mass is 35.5. The molecule has 1 aromatic heterocycles. The molecule has 4 nitrogen and oxygen atoms in total. The number of hydrogen-bond donors (Lipinski definition) is 2. The summed E-state index contributed by atoms with van der Waals surface area (Å²) in [6.45, 7) is 3.95. The van der Waals surface area contributed by atoms with E-state index in [2.05, 4.69) is 15.5 Å². The van der Waals surface area contributed by atoms with Gasteiger partial charge in [0.15, 0.2) is 0 Å². The molecule has 22 heavy (non-hydrogen) atoms. The molecule has 1 heterocycles. The maximum Gasteiger partial charge on any atom is 0.230 e. The van der Waals surface area contributed by atoms with E-state index in [0.29, 0.717) is 5.75 Å². The van der Waals surface area contributed by atoms with Gasteiger partial charge in [-0.25, -0.2) is 0 Å². The average Bonchev–Trinajstić information content (AvgIpc) is 2.86. The van der Waals surface area contributed by atoms with Crippen molar-refractivity contribution in [1.82, 2.24) is 15.5 Å². The minimum absolute atomic E-state index is 0.0387. The van der Waals surface area contributed by atoms with Crippen molar-refractivity contribution in [2.45, 2.75) is 32.1 Å². The maximum absolute atomic E-state index is 11.9. The Bertz CT molecular complexity index is 629. The first-order valence-corrected chi connectivity index (χ1v) is 8.69. The van der Waals surface area contributed by atoms with Gasteiger partial charge in [-0.15, -0.1) is 11.8 Å². The van der Waals surface area contributed by atoms with E-state index < -0.39 is 0 Å². The molecule has 118 valence electrons. The molecule has 0 radical (unpaired) electrons. The Morgan fingerprint density at radius 2 is 2.23 bits per heavy atom. The first kappa shape index (κ1) is 16.9. The van der Waals surface area contributed by atoms with Crippen LogP contribution in [0.2, 0.25) is 5.02 Å². The summed E-state index contributed by atoms with van der Waals surface area (Å²) in [7, 11) is 0. The summed E-state index contributed by atoms with van der Waals surface area (Å²) in [6.07, 6.45) is 0.727. The van der Waals surface area contributed by atoms with E-state index in [1.165, 1.54) is 0 Å². The van der Waals surface area contributed by atoms with Gasteiger partial charge >= 0.3 is 0 Å². The fourth-order valence-electron chi connectivity index (χ4n) is 2.13. The molecule has 1 aromatic carbocycles. The average molecular weight is 338 g/mol. The number of thioether (sulfide) groups is 1. The van der Waals surface area contributed by atoms with Gasteiger partial charge in [-0.3, -0.25) is 9.89 Å². The summed E-state index contributed by atoms with van der Waals surface area (Å²) in [4.78, 5) is 11.9. The summed E-state index contributed by atoms with van der Waals surface area (Å²) in [5, 5.41) is 10.8. The number of aromatic nitrogens is 2. The molecular weight excluding hydrogens is 318 g/mol. The second kappa shape index (κ2) is 8.25. The van der Waals surface area contributed by atoms with Gasteiger partial charge in [-0.05, 0) is 31.5 Å². The predicted molar refractivity (Wildman–Crippen MR) is 92.2 cm³/mol. The van der Waals surface area contributed by atoms with Crippen molar-refractivity contribution < 1.29 is 4.79 Å². The van der Waals surface area contributed by atoms with Gasteiger partial charge in [0.05, 0.1) is 11.4 Å². The zero-order valence-corrected chi connectivity index (χ0v) is 14.3. The fraction of sp³-hybridized carbons (Fsp3) is 0.375. The Kier molecular flexibility index (Phi) is 6.34. The number of carbonyl (C=O) groups is 1. The van der Waals surface area contributed by atoms with Crippen LogP contribution in [0.3, 0.4) is 0 Å². The first-order chi connectivity index (χ1) is 10.5. The quantitative estimate of drug-likeness (QED) is 0.814. The lowest BCUT2D eigenvalue weighted by Gasteiger charge is -2.12. The molecule has 0 aliphatic rings. The molecule has 0 spiro atoms. The van der Waals surface area contributed by atoms with E-state index in [4.69, 9.17) is 11.6 Å². The van der Waals surface area contributed by atoms with Gasteiger partial charge < -0.3 is 5.32 Å². The van der Waals surface area contributed by atoms with Crippen LogP contribution in [-0.2, 0) is 17.0 Å². The van der Waals surface area contributed by atoms with E-state index >= 15 is 0 Å². The molecule has 2 N–H and O–H groups in total. The zero-order chi connectivity index (χ0) is 15.9. The van der Waals surface area contributed by atoms with Crippen LogP contribution in [0.25, 0.3) is 0 Å². The van der Waals surface area contributed by atoms with Gasteiger partial charge in [0.25, 0.3) is 0 Å². The number of halogens is 1. The molecule has 0 fully saturated rings. The summed E-state index contributed by atoms with van der Waals surface area (Å²) in [5.41, 5.74) is 3.06. The highest BCUT2D eigenvalue weighted by Gasteiger charge is 2.10. The normalized spacial score (nSPS) is 12.1. The van der Waals surface area contributed by atoms with Crippen LogP contribution in [0.4, 0.5) is 0 Å². The Hall–Kier alpha value is -1.46. The number of nitrogens with one attached hydrogen (secondary N) is 2. The Balaban J connectivity index is 1.70. The van der Waals surface area contributed by atoms with Crippen molar-refractivity contribution in [2.24, 2.45) is 0 Å². The number of aryl methyl sites for hydroxylation is 1. The minimum atomic E-state index is 0.0387. The fourth-order valence-corrected chi connectivity index (χ4v) is 3.25. The first-order valence-electron chi connectivity index (χ1n) is 7.16. The summed E-state index contributed by atoms with van der Waals surface area (Å²) < 4.78 is 0. The van der Waals surface area contributed by atoms with Crippen LogP contribution in [-0.4, -0.2) is 27.9 Å². The van der Waals surface area contributed by atoms with Gasteiger partial charge in [0.1, 0.15) is 0 Å². The van der Waals surface area contributed by atoms with Gasteiger partial charge in [0, 0.05) is 28.9 Å². The monoisotopic (exact) mass is 337 g/mol. The number of rotatable bonds is 7. The molecule has 0 saturated heterocycles. The second-order valence-electron chi connectivity index (χ2n) is 5.30. The number of hydrogen-bond acceptors (Lipinski definition) is 3. The molecule has 1 atom stereocenters. The Morgan fingerprint density at radius 1 is 1.45 bits per heavy atom. The molecule has 0 bridgehead atoms. The van der Waals surface area contributed by atoms with Crippen LogP contribution in [0.15, 0.2) is 30.3 Å². The molecular formula is C16H20ClN3OS. The lowest BCUT2D eigenvalue weighted by molar-refractivity contribution is -0.119. The third-order valence-electron chi connectivity index (χ3n) is 3.13. The highest BCUT2D eigenvalue weighted by Crippen LogP contribution is 2.20. The largest absolute Gasteiger partial charge is 0.353 e. The van der Waals surface area contributed by atoms with Gasteiger partial charge in [-0.2, -0.15) is 5.10 Å². The Morgan fingerprint density at radius 3 is 2.91 bits per heavy atom. The van der Waals surface area contributed by atoms with E-state index in [-0.39, 0.29) is 11.9 Å². The number of aromatic amines is 1. The molecule has 2 aromatic rings. The van der Waals surface area contributed by atoms with Crippen LogP contribution < -0.4 is 5.32 Å². The van der Waals surface area contributed by atoms with E-state index in [0.717, 1.165) is 34.1 Å². The van der Waals surface area contributed by atoms with Crippen LogP contribution in [0, 0.1) is 6.92 Å². The molecule has 0 aliphatic heterocycles. The lowest BCUT2D eigenvalue weighted by Crippen LogP contribution is -2.35.